The Morgan fingerprint density at radius 3 is 2.33 bits per heavy atom. The van der Waals surface area contributed by atoms with E-state index < -0.39 is 17.1 Å². The van der Waals surface area contributed by atoms with E-state index in [1.54, 1.807) is 60.7 Å². The van der Waals surface area contributed by atoms with Crippen LogP contribution in [0.2, 0.25) is 0 Å². The third kappa shape index (κ3) is 3.69. The molecular formula is C26H19N3O5S2. The van der Waals surface area contributed by atoms with Gasteiger partial charge in [-0.15, -0.1) is 0 Å². The molecule has 1 N–H and O–H groups in total. The van der Waals surface area contributed by atoms with E-state index in [4.69, 9.17) is 4.42 Å². The maximum absolute atomic E-state index is 13.6. The molecule has 0 unspecified atom stereocenters. The first-order valence-electron chi connectivity index (χ1n) is 11.2. The number of fused-ring (bicyclic) bond motifs is 2. The molecule has 0 aliphatic carbocycles. The van der Waals surface area contributed by atoms with E-state index in [0.29, 0.717) is 27.0 Å². The lowest BCUT2D eigenvalue weighted by atomic mass is 9.87. The van der Waals surface area contributed by atoms with Gasteiger partial charge < -0.3 is 9.73 Å². The zero-order valence-electron chi connectivity index (χ0n) is 18.7. The number of nitrogens with one attached hydrogen (secondary N) is 1. The molecule has 36 heavy (non-hydrogen) atoms. The van der Waals surface area contributed by atoms with E-state index in [1.807, 2.05) is 12.1 Å². The second kappa shape index (κ2) is 8.96. The Hall–Kier alpha value is -3.89. The number of imide groups is 1. The number of carbonyl (C=O) groups is 3. The van der Waals surface area contributed by atoms with Crippen LogP contribution in [0.5, 0.6) is 0 Å². The van der Waals surface area contributed by atoms with Gasteiger partial charge in [0.2, 0.25) is 17.7 Å². The molecule has 4 aromatic rings. The summed E-state index contributed by atoms with van der Waals surface area (Å²) in [7, 11) is 0. The van der Waals surface area contributed by atoms with E-state index in [9.17, 15) is 19.2 Å². The number of rotatable bonds is 5. The van der Waals surface area contributed by atoms with Crippen LogP contribution in [0.15, 0.2) is 93.3 Å². The Bertz CT molecular complexity index is 1510. The molecule has 1 fully saturated rings. The fourth-order valence-corrected chi connectivity index (χ4v) is 7.48. The predicted molar refractivity (Wildman–Crippen MR) is 136 cm³/mol. The van der Waals surface area contributed by atoms with Gasteiger partial charge in [0.15, 0.2) is 0 Å². The van der Waals surface area contributed by atoms with E-state index in [0.717, 1.165) is 11.3 Å². The van der Waals surface area contributed by atoms with Crippen molar-refractivity contribution in [2.24, 2.45) is 5.92 Å². The molecule has 3 atom stereocenters. The van der Waals surface area contributed by atoms with Crippen LogP contribution in [0.25, 0.3) is 0 Å². The molecule has 0 saturated carbocycles. The molecule has 2 aliphatic rings. The van der Waals surface area contributed by atoms with Gasteiger partial charge in [-0.2, -0.15) is 0 Å². The molecule has 6 rings (SSSR count). The van der Waals surface area contributed by atoms with Crippen LogP contribution >= 0.6 is 23.1 Å². The third-order valence-electron chi connectivity index (χ3n) is 6.27. The topological polar surface area (TPSA) is 102 Å². The maximum Gasteiger partial charge on any atom is 0.308 e. The highest BCUT2D eigenvalue weighted by Crippen LogP contribution is 2.53. The van der Waals surface area contributed by atoms with Gasteiger partial charge in [0, 0.05) is 5.69 Å². The molecule has 2 aromatic heterocycles. The van der Waals surface area contributed by atoms with Crippen LogP contribution in [0.1, 0.15) is 16.6 Å². The fraction of sp³-hybridized carbons (Fsp3) is 0.154. The van der Waals surface area contributed by atoms with Crippen LogP contribution in [0.4, 0.5) is 11.4 Å². The Labute approximate surface area is 213 Å². The molecule has 3 amide bonds. The number of benzene rings is 2. The number of thiazole rings is 1. The molecule has 0 bridgehead atoms. The van der Waals surface area contributed by atoms with Gasteiger partial charge in [-0.05, 0) is 36.4 Å². The van der Waals surface area contributed by atoms with Gasteiger partial charge in [-0.3, -0.25) is 23.7 Å². The lowest BCUT2D eigenvalue weighted by molar-refractivity contribution is -0.122. The Balaban J connectivity index is 1.40. The summed E-state index contributed by atoms with van der Waals surface area (Å²) in [5, 5.41) is 2.56. The third-order valence-corrected chi connectivity index (χ3v) is 8.88. The van der Waals surface area contributed by atoms with Crippen LogP contribution in [-0.2, 0) is 20.9 Å². The standard InChI is InChI=1S/C26H19N3O5S2/c30-18(27-15-8-3-1-4-9-15)14-28-25-22(36-26(28)33)19(17-12-7-13-34-17)20-21(35-25)24(32)29(23(20)31)16-10-5-2-6-11-16/h1-13,19-21H,14H2,(H,27,30)/t19-,20-,21+/m0/s1. The minimum absolute atomic E-state index is 0.209. The van der Waals surface area contributed by atoms with Crippen LogP contribution < -0.4 is 15.1 Å². The number of aromatic nitrogens is 1. The minimum Gasteiger partial charge on any atom is -0.469 e. The quantitative estimate of drug-likeness (QED) is 0.403. The van der Waals surface area contributed by atoms with Crippen LogP contribution in [-0.4, -0.2) is 27.5 Å². The summed E-state index contributed by atoms with van der Waals surface area (Å²) in [6.45, 7) is -0.209. The molecule has 1 saturated heterocycles. The Morgan fingerprint density at radius 2 is 1.64 bits per heavy atom. The first-order chi connectivity index (χ1) is 17.5. The smallest absolute Gasteiger partial charge is 0.308 e. The number of para-hydroxylation sites is 2. The first kappa shape index (κ1) is 22.6. The van der Waals surface area contributed by atoms with Crippen molar-refractivity contribution in [3.63, 3.8) is 0 Å². The monoisotopic (exact) mass is 517 g/mol. The van der Waals surface area contributed by atoms with Crippen molar-refractivity contribution in [2.45, 2.75) is 22.7 Å². The second-order valence-electron chi connectivity index (χ2n) is 8.44. The normalized spacial score (nSPS) is 20.8. The van der Waals surface area contributed by atoms with Gasteiger partial charge in [0.05, 0.1) is 33.7 Å². The number of amides is 3. The maximum atomic E-state index is 13.6. The fourth-order valence-electron chi connectivity index (χ4n) is 4.73. The largest absolute Gasteiger partial charge is 0.469 e. The Morgan fingerprint density at radius 1 is 0.917 bits per heavy atom. The molecular weight excluding hydrogens is 498 g/mol. The number of carbonyl (C=O) groups excluding carboxylic acids is 3. The van der Waals surface area contributed by atoms with Gasteiger partial charge in [-0.1, -0.05) is 59.5 Å². The first-order valence-corrected chi connectivity index (χ1v) is 12.9. The molecule has 10 heteroatoms. The van der Waals surface area contributed by atoms with Crippen molar-refractivity contribution in [2.75, 3.05) is 10.2 Å². The summed E-state index contributed by atoms with van der Waals surface area (Å²) in [6.07, 6.45) is 1.51. The number of nitrogens with zero attached hydrogens (tertiary/aromatic N) is 2. The van der Waals surface area contributed by atoms with Gasteiger partial charge in [-0.25, -0.2) is 4.90 Å². The summed E-state index contributed by atoms with van der Waals surface area (Å²) < 4.78 is 7.08. The SMILES string of the molecule is O=C(Cn1c2c(sc1=O)[C@@H](c1ccco1)[C@@H]1C(=O)N(c3ccccc3)C(=O)[C@@H]1S2)Nc1ccccc1. The average Bonchev–Trinajstić information content (AvgIpc) is 3.58. The van der Waals surface area contributed by atoms with Crippen molar-refractivity contribution in [1.29, 1.82) is 0 Å². The highest BCUT2D eigenvalue weighted by molar-refractivity contribution is 8.00. The Kier molecular flexibility index (Phi) is 5.62. The number of hydrogen-bond acceptors (Lipinski definition) is 7. The number of furan rings is 1. The van der Waals surface area contributed by atoms with Crippen LogP contribution in [0.3, 0.4) is 0 Å². The summed E-state index contributed by atoms with van der Waals surface area (Å²) in [4.78, 5) is 54.6. The number of thioether (sulfide) groups is 1. The number of anilines is 2. The zero-order valence-corrected chi connectivity index (χ0v) is 20.3. The number of hydrogen-bond donors (Lipinski definition) is 1. The van der Waals surface area contributed by atoms with E-state index in [-0.39, 0.29) is 29.1 Å². The summed E-state index contributed by atoms with van der Waals surface area (Å²) in [5.41, 5.74) is 1.12. The molecule has 180 valence electrons. The summed E-state index contributed by atoms with van der Waals surface area (Å²) in [6, 6.07) is 21.2. The lowest BCUT2D eigenvalue weighted by Gasteiger charge is -2.29. The van der Waals surface area contributed by atoms with Crippen molar-refractivity contribution in [1.82, 2.24) is 4.57 Å². The van der Waals surface area contributed by atoms with Crippen molar-refractivity contribution in [3.05, 3.63) is 99.4 Å². The predicted octanol–water partition coefficient (Wildman–Crippen LogP) is 3.94. The minimum atomic E-state index is -0.752. The van der Waals surface area contributed by atoms with Gasteiger partial charge in [0.25, 0.3) is 0 Å². The summed E-state index contributed by atoms with van der Waals surface area (Å²) >= 11 is 2.16. The van der Waals surface area contributed by atoms with Crippen molar-refractivity contribution >= 4 is 52.2 Å². The van der Waals surface area contributed by atoms with Crippen LogP contribution in [0, 0.1) is 5.92 Å². The summed E-state index contributed by atoms with van der Waals surface area (Å²) in [5.74, 6) is -1.87. The zero-order chi connectivity index (χ0) is 24.8. The molecule has 0 spiro atoms. The second-order valence-corrected chi connectivity index (χ2v) is 10.6. The van der Waals surface area contributed by atoms with Crippen molar-refractivity contribution in [3.8, 4) is 0 Å². The van der Waals surface area contributed by atoms with E-state index >= 15 is 0 Å². The molecule has 2 aromatic carbocycles. The molecule has 4 heterocycles. The highest BCUT2D eigenvalue weighted by atomic mass is 32.2. The molecule has 8 nitrogen and oxygen atoms in total. The van der Waals surface area contributed by atoms with Gasteiger partial charge in [0.1, 0.15) is 17.6 Å². The van der Waals surface area contributed by atoms with Crippen molar-refractivity contribution < 1.29 is 18.8 Å². The van der Waals surface area contributed by atoms with E-state index in [1.165, 1.54) is 27.5 Å². The lowest BCUT2D eigenvalue weighted by Crippen LogP contribution is -2.32. The van der Waals surface area contributed by atoms with E-state index in [2.05, 4.69) is 5.32 Å². The molecule has 0 radical (unpaired) electrons. The van der Waals surface area contributed by atoms with Gasteiger partial charge >= 0.3 is 4.87 Å². The molecule has 2 aliphatic heterocycles. The highest BCUT2D eigenvalue weighted by Gasteiger charge is 2.57. The average molecular weight is 518 g/mol.